The van der Waals surface area contributed by atoms with Gasteiger partial charge in [0.05, 0.1) is 24.1 Å². The Morgan fingerprint density at radius 1 is 1.12 bits per heavy atom. The molecule has 33 heavy (non-hydrogen) atoms. The zero-order chi connectivity index (χ0) is 23.4. The SMILES string of the molecule is CCOC(=O)C1CCCN(C(=O)C2CCCN(C(=O)c3sc(-c4cccnc4)nc3C)C2)C1. The summed E-state index contributed by atoms with van der Waals surface area (Å²) >= 11 is 1.37. The first-order chi connectivity index (χ1) is 16.0. The molecule has 2 aliphatic heterocycles. The predicted octanol–water partition coefficient (Wildman–Crippen LogP) is 3.17. The Morgan fingerprint density at radius 3 is 2.58 bits per heavy atom. The highest BCUT2D eigenvalue weighted by Gasteiger charge is 2.36. The molecule has 0 spiro atoms. The Balaban J connectivity index is 1.42. The molecule has 9 heteroatoms. The fourth-order valence-electron chi connectivity index (χ4n) is 4.60. The Bertz CT molecular complexity index is 1010. The molecule has 2 amide bonds. The lowest BCUT2D eigenvalue weighted by molar-refractivity contribution is -0.152. The van der Waals surface area contributed by atoms with E-state index in [1.54, 1.807) is 29.1 Å². The zero-order valence-electron chi connectivity index (χ0n) is 19.2. The minimum absolute atomic E-state index is 0.0403. The number of nitrogens with zero attached hydrogens (tertiary/aromatic N) is 4. The molecule has 2 aromatic rings. The van der Waals surface area contributed by atoms with E-state index in [0.717, 1.165) is 36.3 Å². The van der Waals surface area contributed by atoms with Crippen LogP contribution in [0, 0.1) is 18.8 Å². The normalized spacial score (nSPS) is 21.0. The lowest BCUT2D eigenvalue weighted by Gasteiger charge is -2.37. The van der Waals surface area contributed by atoms with E-state index in [0.29, 0.717) is 43.4 Å². The molecular weight excluding hydrogens is 440 g/mol. The lowest BCUT2D eigenvalue weighted by atomic mass is 9.93. The summed E-state index contributed by atoms with van der Waals surface area (Å²) in [6.07, 6.45) is 6.53. The van der Waals surface area contributed by atoms with Crippen LogP contribution in [0.25, 0.3) is 10.6 Å². The number of pyridine rings is 1. The molecule has 2 saturated heterocycles. The number of carbonyl (C=O) groups excluding carboxylic acids is 3. The first-order valence-electron chi connectivity index (χ1n) is 11.6. The molecule has 0 saturated carbocycles. The number of amides is 2. The molecule has 2 atom stereocenters. The van der Waals surface area contributed by atoms with Crippen LogP contribution in [0.4, 0.5) is 0 Å². The van der Waals surface area contributed by atoms with Crippen LogP contribution in [0.5, 0.6) is 0 Å². The lowest BCUT2D eigenvalue weighted by Crippen LogP contribution is -2.50. The van der Waals surface area contributed by atoms with E-state index in [9.17, 15) is 14.4 Å². The monoisotopic (exact) mass is 470 g/mol. The number of piperidine rings is 2. The third-order valence-corrected chi connectivity index (χ3v) is 7.50. The highest BCUT2D eigenvalue weighted by Crippen LogP contribution is 2.30. The number of thiazole rings is 1. The van der Waals surface area contributed by atoms with Gasteiger partial charge in [0.2, 0.25) is 5.91 Å². The third kappa shape index (κ3) is 5.24. The van der Waals surface area contributed by atoms with Gasteiger partial charge in [0.15, 0.2) is 0 Å². The van der Waals surface area contributed by atoms with Gasteiger partial charge >= 0.3 is 5.97 Å². The van der Waals surface area contributed by atoms with E-state index in [4.69, 9.17) is 4.74 Å². The molecule has 0 N–H and O–H groups in total. The molecule has 0 aromatic carbocycles. The van der Waals surface area contributed by atoms with Crippen LogP contribution in [0.15, 0.2) is 24.5 Å². The number of aromatic nitrogens is 2. The van der Waals surface area contributed by atoms with Gasteiger partial charge in [0, 0.05) is 44.1 Å². The molecule has 8 nitrogen and oxygen atoms in total. The van der Waals surface area contributed by atoms with Crippen molar-refractivity contribution < 1.29 is 19.1 Å². The van der Waals surface area contributed by atoms with E-state index in [-0.39, 0.29) is 29.6 Å². The van der Waals surface area contributed by atoms with Crippen molar-refractivity contribution in [3.05, 3.63) is 35.1 Å². The first-order valence-corrected chi connectivity index (χ1v) is 12.4. The van der Waals surface area contributed by atoms with E-state index in [1.165, 1.54) is 11.3 Å². The number of hydrogen-bond acceptors (Lipinski definition) is 7. The summed E-state index contributed by atoms with van der Waals surface area (Å²) in [5.74, 6) is -0.746. The Labute approximate surface area is 198 Å². The van der Waals surface area contributed by atoms with E-state index in [1.807, 2.05) is 19.1 Å². The van der Waals surface area contributed by atoms with Gasteiger partial charge in [-0.3, -0.25) is 19.4 Å². The quantitative estimate of drug-likeness (QED) is 0.623. The summed E-state index contributed by atoms with van der Waals surface area (Å²) in [4.78, 5) is 51.6. The number of hydrogen-bond donors (Lipinski definition) is 0. The van der Waals surface area contributed by atoms with Crippen molar-refractivity contribution in [2.24, 2.45) is 11.8 Å². The summed E-state index contributed by atoms with van der Waals surface area (Å²) in [5, 5.41) is 0.770. The van der Waals surface area contributed by atoms with Gasteiger partial charge in [-0.15, -0.1) is 11.3 Å². The van der Waals surface area contributed by atoms with Crippen molar-refractivity contribution in [3.8, 4) is 10.6 Å². The molecular formula is C24H30N4O4S. The van der Waals surface area contributed by atoms with Crippen LogP contribution >= 0.6 is 11.3 Å². The van der Waals surface area contributed by atoms with Crippen molar-refractivity contribution in [2.45, 2.75) is 39.5 Å². The summed E-state index contributed by atoms with van der Waals surface area (Å²) < 4.78 is 5.16. The molecule has 0 radical (unpaired) electrons. The first kappa shape index (κ1) is 23.4. The average Bonchev–Trinajstić information content (AvgIpc) is 3.25. The minimum atomic E-state index is -0.255. The molecule has 2 aromatic heterocycles. The highest BCUT2D eigenvalue weighted by atomic mass is 32.1. The van der Waals surface area contributed by atoms with Crippen LogP contribution in [-0.4, -0.2) is 70.3 Å². The highest BCUT2D eigenvalue weighted by molar-refractivity contribution is 7.17. The van der Waals surface area contributed by atoms with Crippen LogP contribution in [0.3, 0.4) is 0 Å². The fraction of sp³-hybridized carbons (Fsp3) is 0.542. The maximum absolute atomic E-state index is 13.3. The zero-order valence-corrected chi connectivity index (χ0v) is 20.0. The Morgan fingerprint density at radius 2 is 1.85 bits per heavy atom. The van der Waals surface area contributed by atoms with Gasteiger partial charge in [-0.2, -0.15) is 0 Å². The Kier molecular flexibility index (Phi) is 7.37. The average molecular weight is 471 g/mol. The van der Waals surface area contributed by atoms with Crippen molar-refractivity contribution in [1.29, 1.82) is 0 Å². The molecule has 2 aliphatic rings. The van der Waals surface area contributed by atoms with Crippen molar-refractivity contribution in [3.63, 3.8) is 0 Å². The summed E-state index contributed by atoms with van der Waals surface area (Å²) in [6, 6.07) is 3.78. The maximum Gasteiger partial charge on any atom is 0.310 e. The molecule has 4 rings (SSSR count). The van der Waals surface area contributed by atoms with E-state index >= 15 is 0 Å². The van der Waals surface area contributed by atoms with Gasteiger partial charge in [0.25, 0.3) is 5.91 Å². The number of likely N-dealkylation sites (tertiary alicyclic amines) is 2. The number of esters is 1. The fourth-order valence-corrected chi connectivity index (χ4v) is 5.63. The van der Waals surface area contributed by atoms with Gasteiger partial charge < -0.3 is 14.5 Å². The smallest absolute Gasteiger partial charge is 0.310 e. The molecule has 0 bridgehead atoms. The number of aryl methyl sites for hydroxylation is 1. The standard InChI is InChI=1S/C24H30N4O4S/c1-3-32-24(31)19-9-6-11-27(15-19)22(29)18-8-5-12-28(14-18)23(30)20-16(2)26-21(33-20)17-7-4-10-25-13-17/h4,7,10,13,18-19H,3,5-6,8-9,11-12,14-15H2,1-2H3. The van der Waals surface area contributed by atoms with Crippen molar-refractivity contribution in [2.75, 3.05) is 32.8 Å². The molecule has 2 fully saturated rings. The molecule has 0 aliphatic carbocycles. The topological polar surface area (TPSA) is 92.7 Å². The summed E-state index contributed by atoms with van der Waals surface area (Å²) in [6.45, 7) is 6.08. The van der Waals surface area contributed by atoms with Crippen LogP contribution in [0.2, 0.25) is 0 Å². The van der Waals surface area contributed by atoms with Gasteiger partial charge in [-0.25, -0.2) is 4.98 Å². The molecule has 2 unspecified atom stereocenters. The second kappa shape index (κ2) is 10.4. The number of rotatable bonds is 5. The summed E-state index contributed by atoms with van der Waals surface area (Å²) in [7, 11) is 0. The van der Waals surface area contributed by atoms with Gasteiger partial charge in [-0.05, 0) is 51.7 Å². The van der Waals surface area contributed by atoms with Gasteiger partial charge in [-0.1, -0.05) is 0 Å². The summed E-state index contributed by atoms with van der Waals surface area (Å²) in [5.41, 5.74) is 1.59. The third-order valence-electron chi connectivity index (χ3n) is 6.31. The Hall–Kier alpha value is -2.81. The molecule has 4 heterocycles. The minimum Gasteiger partial charge on any atom is -0.466 e. The second-order valence-corrected chi connectivity index (χ2v) is 9.64. The van der Waals surface area contributed by atoms with Crippen LogP contribution < -0.4 is 0 Å². The van der Waals surface area contributed by atoms with Crippen molar-refractivity contribution in [1.82, 2.24) is 19.8 Å². The van der Waals surface area contributed by atoms with Crippen LogP contribution in [0.1, 0.15) is 48.0 Å². The van der Waals surface area contributed by atoms with Gasteiger partial charge in [0.1, 0.15) is 9.88 Å². The second-order valence-electron chi connectivity index (χ2n) is 8.64. The van der Waals surface area contributed by atoms with Crippen LogP contribution in [-0.2, 0) is 14.3 Å². The number of carbonyl (C=O) groups is 3. The largest absolute Gasteiger partial charge is 0.466 e. The van der Waals surface area contributed by atoms with Crippen molar-refractivity contribution >= 4 is 29.1 Å². The van der Waals surface area contributed by atoms with E-state index in [2.05, 4.69) is 9.97 Å². The predicted molar refractivity (Wildman–Crippen MR) is 125 cm³/mol. The molecule has 176 valence electrons. The maximum atomic E-state index is 13.3. The van der Waals surface area contributed by atoms with E-state index < -0.39 is 0 Å². The number of ether oxygens (including phenoxy) is 1.